The molecule has 2 unspecified atom stereocenters. The van der Waals surface area contributed by atoms with Crippen molar-refractivity contribution < 1.29 is 18.3 Å². The van der Waals surface area contributed by atoms with Gasteiger partial charge in [0.05, 0.1) is 23.1 Å². The maximum Gasteiger partial charge on any atom is 0.242 e. The molecule has 0 bridgehead atoms. The number of aliphatic hydroxyl groups excluding tert-OH is 1. The molecular weight excluding hydrogens is 358 g/mol. The van der Waals surface area contributed by atoms with Crippen LogP contribution in [0.2, 0.25) is 0 Å². The molecule has 0 amide bonds. The minimum atomic E-state index is -3.71. The van der Waals surface area contributed by atoms with E-state index in [4.69, 9.17) is 4.74 Å². The number of nitrogens with one attached hydrogen (secondary N) is 1. The van der Waals surface area contributed by atoms with E-state index in [1.807, 2.05) is 13.8 Å². The monoisotopic (exact) mass is 377 g/mol. The first kappa shape index (κ1) is 16.9. The topological polar surface area (TPSA) is 75.6 Å². The molecule has 118 valence electrons. The summed E-state index contributed by atoms with van der Waals surface area (Å²) in [7, 11) is -3.71. The minimum absolute atomic E-state index is 0.145. The molecule has 0 radical (unpaired) electrons. The smallest absolute Gasteiger partial charge is 0.242 e. The van der Waals surface area contributed by atoms with Gasteiger partial charge in [0.25, 0.3) is 0 Å². The molecule has 1 aliphatic rings. The van der Waals surface area contributed by atoms with Crippen molar-refractivity contribution in [3.63, 3.8) is 0 Å². The highest BCUT2D eigenvalue weighted by atomic mass is 79.9. The van der Waals surface area contributed by atoms with Crippen LogP contribution in [0.4, 0.5) is 0 Å². The van der Waals surface area contributed by atoms with Gasteiger partial charge in [0.15, 0.2) is 0 Å². The third-order valence-corrected chi connectivity index (χ3v) is 6.96. The number of hydrogen-bond donors (Lipinski definition) is 2. The second-order valence-corrected chi connectivity index (χ2v) is 8.11. The summed E-state index contributed by atoms with van der Waals surface area (Å²) in [6.45, 7) is 5.84. The molecule has 2 N–H and O–H groups in total. The molecule has 7 heteroatoms. The molecule has 0 saturated carbocycles. The van der Waals surface area contributed by atoms with Crippen molar-refractivity contribution in [3.8, 4) is 0 Å². The lowest BCUT2D eigenvalue weighted by molar-refractivity contribution is 0.0957. The Bertz CT molecular complexity index is 647. The standard InChI is InChI=1S/C14H20BrNO4S/c1-9-6-11(8-17)7-12(13(9)15)21(18,19)16-14(3)4-5-20-10(14)2/h6-7,10,16-17H,4-5,8H2,1-3H3. The van der Waals surface area contributed by atoms with Gasteiger partial charge in [-0.3, -0.25) is 0 Å². The highest BCUT2D eigenvalue weighted by Gasteiger charge is 2.41. The minimum Gasteiger partial charge on any atom is -0.392 e. The van der Waals surface area contributed by atoms with Crippen molar-refractivity contribution in [1.29, 1.82) is 0 Å². The highest BCUT2D eigenvalue weighted by molar-refractivity contribution is 9.10. The molecule has 1 heterocycles. The third-order valence-electron chi connectivity index (χ3n) is 4.01. The zero-order chi connectivity index (χ0) is 15.8. The number of aryl methyl sites for hydroxylation is 1. The molecule has 1 aromatic rings. The summed E-state index contributed by atoms with van der Waals surface area (Å²) in [6.07, 6.45) is 0.442. The fourth-order valence-corrected chi connectivity index (χ4v) is 4.99. The quantitative estimate of drug-likeness (QED) is 0.842. The molecule has 0 aliphatic carbocycles. The number of halogens is 1. The molecule has 2 rings (SSSR count). The molecule has 1 aromatic carbocycles. The number of rotatable bonds is 4. The van der Waals surface area contributed by atoms with E-state index in [1.54, 1.807) is 13.0 Å². The van der Waals surface area contributed by atoms with Gasteiger partial charge in [0.1, 0.15) is 0 Å². The molecular formula is C14H20BrNO4S. The van der Waals surface area contributed by atoms with Crippen molar-refractivity contribution in [1.82, 2.24) is 4.72 Å². The second-order valence-electron chi connectivity index (χ2n) is 5.67. The Labute approximate surface area is 133 Å². The predicted octanol–water partition coefficient (Wildman–Crippen LogP) is 2.10. The average molecular weight is 378 g/mol. The molecule has 1 fully saturated rings. The summed E-state index contributed by atoms with van der Waals surface area (Å²) in [4.78, 5) is 0.145. The van der Waals surface area contributed by atoms with Gasteiger partial charge in [-0.05, 0) is 60.3 Å². The number of hydrogen-bond acceptors (Lipinski definition) is 4. The number of benzene rings is 1. The number of aliphatic hydroxyl groups is 1. The first-order valence-electron chi connectivity index (χ1n) is 6.75. The van der Waals surface area contributed by atoms with E-state index in [1.165, 1.54) is 6.07 Å². The molecule has 0 spiro atoms. The zero-order valence-corrected chi connectivity index (χ0v) is 14.7. The third kappa shape index (κ3) is 3.32. The van der Waals surface area contributed by atoms with E-state index in [9.17, 15) is 13.5 Å². The lowest BCUT2D eigenvalue weighted by Crippen LogP contribution is -2.50. The van der Waals surface area contributed by atoms with Gasteiger partial charge < -0.3 is 9.84 Å². The predicted molar refractivity (Wildman–Crippen MR) is 83.6 cm³/mol. The normalized spacial score (nSPS) is 26.2. The van der Waals surface area contributed by atoms with E-state index in [0.29, 0.717) is 23.1 Å². The lowest BCUT2D eigenvalue weighted by Gasteiger charge is -2.28. The van der Waals surface area contributed by atoms with Gasteiger partial charge in [-0.1, -0.05) is 6.07 Å². The van der Waals surface area contributed by atoms with Gasteiger partial charge in [-0.2, -0.15) is 0 Å². The van der Waals surface area contributed by atoms with Crippen molar-refractivity contribution in [3.05, 3.63) is 27.7 Å². The Hall–Kier alpha value is -0.470. The summed E-state index contributed by atoms with van der Waals surface area (Å²) < 4.78 is 34.1. The molecule has 1 aliphatic heterocycles. The van der Waals surface area contributed by atoms with E-state index >= 15 is 0 Å². The van der Waals surface area contributed by atoms with Crippen LogP contribution in [0.3, 0.4) is 0 Å². The van der Waals surface area contributed by atoms with Gasteiger partial charge >= 0.3 is 0 Å². The molecule has 2 atom stereocenters. The van der Waals surface area contributed by atoms with Crippen LogP contribution in [0.5, 0.6) is 0 Å². The van der Waals surface area contributed by atoms with Crippen LogP contribution in [-0.4, -0.2) is 31.8 Å². The summed E-state index contributed by atoms with van der Waals surface area (Å²) in [6, 6.07) is 3.25. The lowest BCUT2D eigenvalue weighted by atomic mass is 9.97. The van der Waals surface area contributed by atoms with Crippen molar-refractivity contribution >= 4 is 26.0 Å². The van der Waals surface area contributed by atoms with Crippen LogP contribution in [0, 0.1) is 6.92 Å². The Morgan fingerprint density at radius 3 is 2.71 bits per heavy atom. The Kier molecular flexibility index (Phi) is 4.80. The summed E-state index contributed by atoms with van der Waals surface area (Å²) in [5.41, 5.74) is 0.709. The first-order valence-corrected chi connectivity index (χ1v) is 9.03. The maximum absolute atomic E-state index is 12.7. The Morgan fingerprint density at radius 1 is 1.52 bits per heavy atom. The van der Waals surface area contributed by atoms with Gasteiger partial charge in [-0.25, -0.2) is 13.1 Å². The van der Waals surface area contributed by atoms with Gasteiger partial charge in [0, 0.05) is 11.1 Å². The van der Waals surface area contributed by atoms with E-state index in [-0.39, 0.29) is 17.6 Å². The SMILES string of the molecule is Cc1cc(CO)cc(S(=O)(=O)NC2(C)CCOC2C)c1Br. The van der Waals surface area contributed by atoms with Crippen molar-refractivity contribution in [2.75, 3.05) is 6.61 Å². The highest BCUT2D eigenvalue weighted by Crippen LogP contribution is 2.31. The Balaban J connectivity index is 2.43. The van der Waals surface area contributed by atoms with Crippen LogP contribution in [0.1, 0.15) is 31.4 Å². The summed E-state index contributed by atoms with van der Waals surface area (Å²) >= 11 is 3.33. The van der Waals surface area contributed by atoms with Crippen LogP contribution in [0.15, 0.2) is 21.5 Å². The molecule has 21 heavy (non-hydrogen) atoms. The van der Waals surface area contributed by atoms with Crippen LogP contribution < -0.4 is 4.72 Å². The average Bonchev–Trinajstić information content (AvgIpc) is 2.71. The fourth-order valence-electron chi connectivity index (χ4n) is 2.43. The van der Waals surface area contributed by atoms with Gasteiger partial charge in [0.2, 0.25) is 10.0 Å². The summed E-state index contributed by atoms with van der Waals surface area (Å²) in [5, 5.41) is 9.27. The van der Waals surface area contributed by atoms with Crippen LogP contribution in [-0.2, 0) is 21.4 Å². The van der Waals surface area contributed by atoms with E-state index in [2.05, 4.69) is 20.7 Å². The molecule has 1 saturated heterocycles. The second kappa shape index (κ2) is 5.96. The number of sulfonamides is 1. The van der Waals surface area contributed by atoms with Crippen molar-refractivity contribution in [2.24, 2.45) is 0 Å². The largest absolute Gasteiger partial charge is 0.392 e. The zero-order valence-electron chi connectivity index (χ0n) is 12.3. The molecule has 5 nitrogen and oxygen atoms in total. The fraction of sp³-hybridized carbons (Fsp3) is 0.571. The van der Waals surface area contributed by atoms with Gasteiger partial charge in [-0.15, -0.1) is 0 Å². The van der Waals surface area contributed by atoms with Crippen LogP contribution >= 0.6 is 15.9 Å². The molecule has 0 aromatic heterocycles. The number of ether oxygens (including phenoxy) is 1. The van der Waals surface area contributed by atoms with E-state index in [0.717, 1.165) is 5.56 Å². The Morgan fingerprint density at radius 2 is 2.19 bits per heavy atom. The summed E-state index contributed by atoms with van der Waals surface area (Å²) in [5.74, 6) is 0. The van der Waals surface area contributed by atoms with Crippen molar-refractivity contribution in [2.45, 2.75) is 50.3 Å². The first-order chi connectivity index (χ1) is 9.69. The van der Waals surface area contributed by atoms with E-state index < -0.39 is 15.6 Å². The maximum atomic E-state index is 12.7. The van der Waals surface area contributed by atoms with Crippen LogP contribution in [0.25, 0.3) is 0 Å².